The molecule has 0 unspecified atom stereocenters. The minimum absolute atomic E-state index is 0.480. The van der Waals surface area contributed by atoms with E-state index in [-0.39, 0.29) is 0 Å². The average molecular weight is 353 g/mol. The number of rotatable bonds is 9. The molecule has 0 bridgehead atoms. The lowest BCUT2D eigenvalue weighted by molar-refractivity contribution is 0.314. The molecule has 0 radical (unpaired) electrons. The van der Waals surface area contributed by atoms with Crippen LogP contribution in [0.3, 0.4) is 0 Å². The first-order valence-electron chi connectivity index (χ1n) is 8.58. The Bertz CT molecular complexity index is 891. The maximum Gasteiger partial charge on any atom is 0.258 e. The molecule has 3 aromatic rings. The lowest BCUT2D eigenvalue weighted by atomic mass is 10.1. The van der Waals surface area contributed by atoms with Crippen LogP contribution in [0.2, 0.25) is 0 Å². The van der Waals surface area contributed by atoms with Crippen LogP contribution in [-0.4, -0.2) is 39.6 Å². The summed E-state index contributed by atoms with van der Waals surface area (Å²) < 4.78 is 13.1. The lowest BCUT2D eigenvalue weighted by Gasteiger charge is -2.12. The van der Waals surface area contributed by atoms with Crippen LogP contribution in [-0.2, 0) is 6.54 Å². The second-order valence-corrected chi connectivity index (χ2v) is 5.70. The molecule has 0 aliphatic rings. The number of fused-ring (bicyclic) bond motifs is 1. The molecule has 0 spiro atoms. The molecule has 7 nitrogen and oxygen atoms in total. The van der Waals surface area contributed by atoms with Gasteiger partial charge in [0.05, 0.1) is 25.0 Å². The van der Waals surface area contributed by atoms with E-state index in [0.717, 1.165) is 30.6 Å². The number of pyridine rings is 1. The molecule has 1 N–H and O–H groups in total. The fraction of sp³-hybridized carbons (Fsp3) is 0.316. The van der Waals surface area contributed by atoms with Crippen LogP contribution in [0.15, 0.2) is 43.5 Å². The summed E-state index contributed by atoms with van der Waals surface area (Å²) in [6.45, 7) is 7.90. The first-order valence-corrected chi connectivity index (χ1v) is 8.58. The molecule has 0 amide bonds. The standard InChI is InChI=1S/C19H23N5O2/c1-4-6-9-26-19-17-21-7-8-24(17)13-16(23-19)15-10-14(11-20-5-2)12-22-18(15)25-3/h4,7-8,10,12-13,20H,1,5-6,9,11H2,2-3H3. The van der Waals surface area contributed by atoms with E-state index in [2.05, 4.69) is 33.8 Å². The van der Waals surface area contributed by atoms with Gasteiger partial charge in [-0.05, 0) is 24.6 Å². The summed E-state index contributed by atoms with van der Waals surface area (Å²) in [7, 11) is 1.60. The molecule has 0 aromatic carbocycles. The Hall–Kier alpha value is -2.93. The maximum absolute atomic E-state index is 5.81. The van der Waals surface area contributed by atoms with Crippen LogP contribution < -0.4 is 14.8 Å². The fourth-order valence-electron chi connectivity index (χ4n) is 2.58. The number of nitrogens with zero attached hydrogens (tertiary/aromatic N) is 4. The molecule has 3 heterocycles. The van der Waals surface area contributed by atoms with E-state index in [9.17, 15) is 0 Å². The summed E-state index contributed by atoms with van der Waals surface area (Å²) in [6.07, 6.45) is 9.84. The molecule has 26 heavy (non-hydrogen) atoms. The zero-order valence-corrected chi connectivity index (χ0v) is 15.1. The van der Waals surface area contributed by atoms with Gasteiger partial charge in [-0.2, -0.15) is 0 Å². The Morgan fingerprint density at radius 3 is 2.96 bits per heavy atom. The molecule has 0 fully saturated rings. The molecule has 3 aromatic heterocycles. The monoisotopic (exact) mass is 353 g/mol. The molecule has 7 heteroatoms. The number of hydrogen-bond donors (Lipinski definition) is 1. The van der Waals surface area contributed by atoms with Gasteiger partial charge in [0.1, 0.15) is 0 Å². The van der Waals surface area contributed by atoms with Crippen molar-refractivity contribution >= 4 is 5.65 Å². The third-order valence-corrected chi connectivity index (χ3v) is 3.86. The number of ether oxygens (including phenoxy) is 2. The summed E-state index contributed by atoms with van der Waals surface area (Å²) in [5, 5.41) is 3.30. The highest BCUT2D eigenvalue weighted by Crippen LogP contribution is 2.30. The van der Waals surface area contributed by atoms with Crippen LogP contribution in [0.1, 0.15) is 18.9 Å². The van der Waals surface area contributed by atoms with Crippen LogP contribution >= 0.6 is 0 Å². The molecule has 0 aliphatic heterocycles. The predicted octanol–water partition coefficient (Wildman–Crippen LogP) is 2.86. The molecule has 0 saturated heterocycles. The van der Waals surface area contributed by atoms with E-state index in [4.69, 9.17) is 9.47 Å². The van der Waals surface area contributed by atoms with Gasteiger partial charge in [0.2, 0.25) is 11.5 Å². The summed E-state index contributed by atoms with van der Waals surface area (Å²) in [5.74, 6) is 1.00. The van der Waals surface area contributed by atoms with Gasteiger partial charge in [-0.25, -0.2) is 15.0 Å². The normalized spacial score (nSPS) is 10.8. The van der Waals surface area contributed by atoms with E-state index >= 15 is 0 Å². The third-order valence-electron chi connectivity index (χ3n) is 3.86. The first-order chi connectivity index (χ1) is 12.8. The second kappa shape index (κ2) is 8.44. The van der Waals surface area contributed by atoms with E-state index in [1.165, 1.54) is 0 Å². The zero-order valence-electron chi connectivity index (χ0n) is 15.1. The fourth-order valence-corrected chi connectivity index (χ4v) is 2.58. The summed E-state index contributed by atoms with van der Waals surface area (Å²) in [6, 6.07) is 2.03. The van der Waals surface area contributed by atoms with E-state index in [0.29, 0.717) is 29.7 Å². The quantitative estimate of drug-likeness (QED) is 0.471. The van der Waals surface area contributed by atoms with Crippen LogP contribution in [0.25, 0.3) is 16.9 Å². The van der Waals surface area contributed by atoms with Gasteiger partial charge >= 0.3 is 0 Å². The minimum Gasteiger partial charge on any atom is -0.481 e. The van der Waals surface area contributed by atoms with Crippen molar-refractivity contribution in [3.63, 3.8) is 0 Å². The van der Waals surface area contributed by atoms with E-state index in [1.807, 2.05) is 35.1 Å². The summed E-state index contributed by atoms with van der Waals surface area (Å²) in [4.78, 5) is 13.4. The van der Waals surface area contributed by atoms with Crippen LogP contribution in [0, 0.1) is 0 Å². The number of methoxy groups -OCH3 is 1. The van der Waals surface area contributed by atoms with Gasteiger partial charge in [0, 0.05) is 31.3 Å². The highest BCUT2D eigenvalue weighted by molar-refractivity contribution is 5.68. The minimum atomic E-state index is 0.480. The van der Waals surface area contributed by atoms with E-state index in [1.54, 1.807) is 13.3 Å². The predicted molar refractivity (Wildman–Crippen MR) is 100 cm³/mol. The molecule has 0 aliphatic carbocycles. The van der Waals surface area contributed by atoms with Crippen molar-refractivity contribution in [3.8, 4) is 23.0 Å². The first kappa shape index (κ1) is 17.9. The van der Waals surface area contributed by atoms with Gasteiger partial charge in [0.25, 0.3) is 5.88 Å². The molecular formula is C19H23N5O2. The number of imidazole rings is 1. The van der Waals surface area contributed by atoms with Gasteiger partial charge in [0.15, 0.2) is 0 Å². The van der Waals surface area contributed by atoms with Gasteiger partial charge in [-0.1, -0.05) is 13.0 Å². The lowest BCUT2D eigenvalue weighted by Crippen LogP contribution is -2.12. The van der Waals surface area contributed by atoms with Gasteiger partial charge in [-0.3, -0.25) is 0 Å². The molecule has 0 atom stereocenters. The van der Waals surface area contributed by atoms with Crippen molar-refractivity contribution < 1.29 is 9.47 Å². The van der Waals surface area contributed by atoms with E-state index < -0.39 is 0 Å². The summed E-state index contributed by atoms with van der Waals surface area (Å²) in [5.41, 5.74) is 3.26. The van der Waals surface area contributed by atoms with Crippen molar-refractivity contribution in [2.45, 2.75) is 19.9 Å². The van der Waals surface area contributed by atoms with Crippen molar-refractivity contribution in [1.29, 1.82) is 0 Å². The molecular weight excluding hydrogens is 330 g/mol. The number of nitrogens with one attached hydrogen (secondary N) is 1. The Kier molecular flexibility index (Phi) is 5.80. The molecule has 136 valence electrons. The Morgan fingerprint density at radius 2 is 2.19 bits per heavy atom. The van der Waals surface area contributed by atoms with Crippen LogP contribution in [0.5, 0.6) is 11.8 Å². The van der Waals surface area contributed by atoms with Crippen molar-refractivity contribution in [2.75, 3.05) is 20.3 Å². The highest BCUT2D eigenvalue weighted by atomic mass is 16.5. The largest absolute Gasteiger partial charge is 0.481 e. The molecule has 3 rings (SSSR count). The second-order valence-electron chi connectivity index (χ2n) is 5.70. The Labute approximate surface area is 152 Å². The highest BCUT2D eigenvalue weighted by Gasteiger charge is 2.15. The summed E-state index contributed by atoms with van der Waals surface area (Å²) >= 11 is 0. The average Bonchev–Trinajstić information content (AvgIpc) is 3.15. The Morgan fingerprint density at radius 1 is 1.31 bits per heavy atom. The van der Waals surface area contributed by atoms with Gasteiger partial charge in [-0.15, -0.1) is 6.58 Å². The Balaban J connectivity index is 2.04. The maximum atomic E-state index is 5.81. The van der Waals surface area contributed by atoms with Crippen molar-refractivity contribution in [2.24, 2.45) is 0 Å². The van der Waals surface area contributed by atoms with Crippen molar-refractivity contribution in [3.05, 3.63) is 49.1 Å². The van der Waals surface area contributed by atoms with Gasteiger partial charge < -0.3 is 19.2 Å². The SMILES string of the molecule is C=CCCOc1nc(-c2cc(CNCC)cnc2OC)cn2ccnc12. The number of aromatic nitrogens is 4. The number of hydrogen-bond acceptors (Lipinski definition) is 6. The van der Waals surface area contributed by atoms with Crippen molar-refractivity contribution in [1.82, 2.24) is 24.7 Å². The molecule has 0 saturated carbocycles. The smallest absolute Gasteiger partial charge is 0.258 e. The zero-order chi connectivity index (χ0) is 18.4. The third kappa shape index (κ3) is 3.83. The topological polar surface area (TPSA) is 73.6 Å². The van der Waals surface area contributed by atoms with Crippen LogP contribution in [0.4, 0.5) is 0 Å².